The second-order valence-electron chi connectivity index (χ2n) is 5.86. The summed E-state index contributed by atoms with van der Waals surface area (Å²) in [7, 11) is 1.67. The lowest BCUT2D eigenvalue weighted by Gasteiger charge is -2.10. The number of aromatic nitrogens is 4. The maximum absolute atomic E-state index is 5.22. The van der Waals surface area contributed by atoms with Gasteiger partial charge < -0.3 is 4.74 Å². The zero-order valence-corrected chi connectivity index (χ0v) is 15.6. The van der Waals surface area contributed by atoms with Gasteiger partial charge in [0.05, 0.1) is 7.11 Å². The predicted molar refractivity (Wildman–Crippen MR) is 107 cm³/mol. The summed E-state index contributed by atoms with van der Waals surface area (Å²) in [5.41, 5.74) is 3.16. The Morgan fingerprint density at radius 3 is 2.44 bits per heavy atom. The monoisotopic (exact) mass is 374 g/mol. The van der Waals surface area contributed by atoms with Crippen molar-refractivity contribution in [2.45, 2.75) is 10.9 Å². The van der Waals surface area contributed by atoms with Crippen LogP contribution in [0.1, 0.15) is 5.56 Å². The molecule has 0 spiro atoms. The number of thioether (sulfide) groups is 1. The molecule has 0 amide bonds. The molecule has 27 heavy (non-hydrogen) atoms. The van der Waals surface area contributed by atoms with Gasteiger partial charge in [-0.15, -0.1) is 10.2 Å². The van der Waals surface area contributed by atoms with Gasteiger partial charge in [0, 0.05) is 29.4 Å². The highest BCUT2D eigenvalue weighted by Gasteiger charge is 2.16. The molecule has 0 radical (unpaired) electrons. The van der Waals surface area contributed by atoms with Gasteiger partial charge in [0.25, 0.3) is 0 Å². The number of hydrogen-bond acceptors (Lipinski definition) is 5. The van der Waals surface area contributed by atoms with E-state index >= 15 is 0 Å². The molecule has 0 saturated carbocycles. The largest absolute Gasteiger partial charge is 0.497 e. The highest BCUT2D eigenvalue weighted by Crippen LogP contribution is 2.29. The average molecular weight is 374 g/mol. The van der Waals surface area contributed by atoms with Crippen LogP contribution in [0.25, 0.3) is 17.1 Å². The topological polar surface area (TPSA) is 52.8 Å². The van der Waals surface area contributed by atoms with Crippen LogP contribution in [0.2, 0.25) is 0 Å². The third-order valence-corrected chi connectivity index (χ3v) is 5.09. The molecule has 0 aliphatic carbocycles. The minimum atomic E-state index is 0.784. The number of ether oxygens (including phenoxy) is 1. The van der Waals surface area contributed by atoms with Crippen LogP contribution in [0.5, 0.6) is 5.75 Å². The number of hydrogen-bond donors (Lipinski definition) is 0. The quantitative estimate of drug-likeness (QED) is 0.461. The molecule has 0 saturated heterocycles. The molecule has 5 nitrogen and oxygen atoms in total. The molecule has 0 unspecified atom stereocenters. The van der Waals surface area contributed by atoms with E-state index in [9.17, 15) is 0 Å². The van der Waals surface area contributed by atoms with E-state index in [4.69, 9.17) is 4.74 Å². The SMILES string of the molecule is COc1ccc(CSc2nnc(-c3cccnc3)n2-c2ccccc2)cc1. The van der Waals surface area contributed by atoms with E-state index < -0.39 is 0 Å². The molecule has 0 aliphatic rings. The Kier molecular flexibility index (Phi) is 5.16. The van der Waals surface area contributed by atoms with Gasteiger partial charge in [-0.2, -0.15) is 0 Å². The summed E-state index contributed by atoms with van der Waals surface area (Å²) in [4.78, 5) is 4.22. The van der Waals surface area contributed by atoms with Gasteiger partial charge in [0.2, 0.25) is 0 Å². The lowest BCUT2D eigenvalue weighted by molar-refractivity contribution is 0.414. The maximum Gasteiger partial charge on any atom is 0.196 e. The zero-order valence-electron chi connectivity index (χ0n) is 14.8. The number of methoxy groups -OCH3 is 1. The minimum Gasteiger partial charge on any atom is -0.497 e. The third-order valence-electron chi connectivity index (χ3n) is 4.09. The molecule has 4 aromatic rings. The van der Waals surface area contributed by atoms with E-state index in [1.54, 1.807) is 31.3 Å². The van der Waals surface area contributed by atoms with E-state index in [-0.39, 0.29) is 0 Å². The molecule has 2 aromatic heterocycles. The number of para-hydroxylation sites is 1. The van der Waals surface area contributed by atoms with Gasteiger partial charge >= 0.3 is 0 Å². The van der Waals surface area contributed by atoms with Gasteiger partial charge in [-0.1, -0.05) is 42.1 Å². The summed E-state index contributed by atoms with van der Waals surface area (Å²) >= 11 is 1.65. The molecular weight excluding hydrogens is 356 g/mol. The van der Waals surface area contributed by atoms with E-state index in [1.807, 2.05) is 42.5 Å². The van der Waals surface area contributed by atoms with E-state index in [0.717, 1.165) is 33.7 Å². The van der Waals surface area contributed by atoms with Crippen LogP contribution in [0.4, 0.5) is 0 Å². The van der Waals surface area contributed by atoms with Gasteiger partial charge in [-0.25, -0.2) is 0 Å². The molecule has 6 heteroatoms. The van der Waals surface area contributed by atoms with Crippen LogP contribution < -0.4 is 4.74 Å². The second-order valence-corrected chi connectivity index (χ2v) is 6.80. The van der Waals surface area contributed by atoms with Crippen LogP contribution in [-0.4, -0.2) is 26.9 Å². The van der Waals surface area contributed by atoms with Crippen LogP contribution in [0.3, 0.4) is 0 Å². The molecule has 0 bridgehead atoms. The number of nitrogens with zero attached hydrogens (tertiary/aromatic N) is 4. The molecule has 4 rings (SSSR count). The standard InChI is InChI=1S/C21H18N4OS/c1-26-19-11-9-16(10-12-19)15-27-21-24-23-20(17-6-5-13-22-14-17)25(21)18-7-3-2-4-8-18/h2-14H,15H2,1H3. The van der Waals surface area contributed by atoms with Crippen LogP contribution in [0, 0.1) is 0 Å². The van der Waals surface area contributed by atoms with Crippen molar-refractivity contribution in [3.63, 3.8) is 0 Å². The lowest BCUT2D eigenvalue weighted by Crippen LogP contribution is -1.99. The van der Waals surface area contributed by atoms with Crippen molar-refractivity contribution in [1.29, 1.82) is 0 Å². The Morgan fingerprint density at radius 2 is 1.74 bits per heavy atom. The molecule has 0 fully saturated rings. The number of rotatable bonds is 6. The van der Waals surface area contributed by atoms with E-state index in [2.05, 4.69) is 44.0 Å². The highest BCUT2D eigenvalue weighted by atomic mass is 32.2. The first-order valence-electron chi connectivity index (χ1n) is 8.52. The van der Waals surface area contributed by atoms with Crippen molar-refractivity contribution in [3.05, 3.63) is 84.7 Å². The second kappa shape index (κ2) is 8.05. The van der Waals surface area contributed by atoms with Crippen LogP contribution >= 0.6 is 11.8 Å². The first kappa shape index (κ1) is 17.3. The van der Waals surface area contributed by atoms with E-state index in [1.165, 1.54) is 5.56 Å². The zero-order chi connectivity index (χ0) is 18.5. The third kappa shape index (κ3) is 3.85. The average Bonchev–Trinajstić information content (AvgIpc) is 3.18. The Labute approximate surface area is 162 Å². The normalized spacial score (nSPS) is 10.7. The molecule has 2 heterocycles. The van der Waals surface area contributed by atoms with Crippen molar-refractivity contribution in [2.24, 2.45) is 0 Å². The van der Waals surface area contributed by atoms with E-state index in [0.29, 0.717) is 0 Å². The van der Waals surface area contributed by atoms with Crippen LogP contribution in [-0.2, 0) is 5.75 Å². The van der Waals surface area contributed by atoms with Crippen molar-refractivity contribution in [2.75, 3.05) is 7.11 Å². The van der Waals surface area contributed by atoms with Gasteiger partial charge in [0.15, 0.2) is 11.0 Å². The highest BCUT2D eigenvalue weighted by molar-refractivity contribution is 7.98. The Morgan fingerprint density at radius 1 is 0.926 bits per heavy atom. The van der Waals surface area contributed by atoms with Crippen molar-refractivity contribution in [3.8, 4) is 22.8 Å². The Hall–Kier alpha value is -3.12. The summed E-state index contributed by atoms with van der Waals surface area (Å²) in [6, 6.07) is 22.1. The van der Waals surface area contributed by atoms with Gasteiger partial charge in [0.1, 0.15) is 5.75 Å². The smallest absolute Gasteiger partial charge is 0.196 e. The molecule has 0 aliphatic heterocycles. The van der Waals surface area contributed by atoms with Crippen molar-refractivity contribution in [1.82, 2.24) is 19.7 Å². The summed E-state index contributed by atoms with van der Waals surface area (Å²) in [5.74, 6) is 2.43. The van der Waals surface area contributed by atoms with Crippen LogP contribution in [0.15, 0.2) is 84.3 Å². The molecule has 134 valence electrons. The molecule has 0 atom stereocenters. The maximum atomic E-state index is 5.22. The van der Waals surface area contributed by atoms with Gasteiger partial charge in [-0.3, -0.25) is 9.55 Å². The molecular formula is C21H18N4OS. The first-order chi connectivity index (χ1) is 13.3. The fourth-order valence-electron chi connectivity index (χ4n) is 2.72. The Bertz CT molecular complexity index is 1000. The van der Waals surface area contributed by atoms with Crippen molar-refractivity contribution >= 4 is 11.8 Å². The molecule has 2 aromatic carbocycles. The summed E-state index contributed by atoms with van der Waals surface area (Å²) in [5, 5.41) is 9.72. The van der Waals surface area contributed by atoms with Gasteiger partial charge in [-0.05, 0) is 42.0 Å². The predicted octanol–water partition coefficient (Wildman–Crippen LogP) is 4.63. The summed E-state index contributed by atoms with van der Waals surface area (Å²) in [6.45, 7) is 0. The fourth-order valence-corrected chi connectivity index (χ4v) is 3.63. The van der Waals surface area contributed by atoms with Crippen molar-refractivity contribution < 1.29 is 4.74 Å². The number of pyridine rings is 1. The molecule has 0 N–H and O–H groups in total. The minimum absolute atomic E-state index is 0.784. The summed E-state index contributed by atoms with van der Waals surface area (Å²) in [6.07, 6.45) is 3.56. The summed E-state index contributed by atoms with van der Waals surface area (Å²) < 4.78 is 7.30. The Balaban J connectivity index is 1.67. The first-order valence-corrected chi connectivity index (χ1v) is 9.50. The fraction of sp³-hybridized carbons (Fsp3) is 0.0952. The number of benzene rings is 2. The lowest BCUT2D eigenvalue weighted by atomic mass is 10.2.